The molecular weight excluding hydrogens is 367 g/mol. The van der Waals surface area contributed by atoms with Crippen LogP contribution in [0.15, 0.2) is 48.5 Å². The minimum Gasteiger partial charge on any atom is -0.336 e. The number of nitrogens with zero attached hydrogens (tertiary/aromatic N) is 2. The molecule has 3 rings (SSSR count). The van der Waals surface area contributed by atoms with E-state index in [0.29, 0.717) is 17.3 Å². The van der Waals surface area contributed by atoms with Gasteiger partial charge in [-0.3, -0.25) is 4.90 Å². The van der Waals surface area contributed by atoms with Gasteiger partial charge in [0.1, 0.15) is 5.82 Å². The molecular formula is C20H24ClFN4O. The molecule has 1 atom stereocenters. The van der Waals surface area contributed by atoms with Gasteiger partial charge in [-0.15, -0.1) is 0 Å². The average Bonchev–Trinajstić information content (AvgIpc) is 2.66. The fourth-order valence-corrected chi connectivity index (χ4v) is 3.30. The number of amides is 2. The monoisotopic (exact) mass is 390 g/mol. The number of nitrogens with one attached hydrogen (secondary N) is 2. The van der Waals surface area contributed by atoms with Gasteiger partial charge < -0.3 is 15.5 Å². The fraction of sp³-hybridized carbons (Fsp3) is 0.350. The summed E-state index contributed by atoms with van der Waals surface area (Å²) in [5.74, 6) is -0.260. The molecule has 1 heterocycles. The van der Waals surface area contributed by atoms with Crippen molar-refractivity contribution in [1.82, 2.24) is 15.1 Å². The standard InChI is InChI=1S/C20H24ClFN4O/c1-25-10-12-26(13-11-25)19(15-2-6-17(22)7-3-15)14-23-20(27)24-18-8-4-16(21)5-9-18/h2-9,19H,10-14H2,1H3,(H2,23,24,27)/t19-/m0/s1. The van der Waals surface area contributed by atoms with E-state index in [1.54, 1.807) is 36.4 Å². The summed E-state index contributed by atoms with van der Waals surface area (Å²) in [6, 6.07) is 13.2. The number of hydrogen-bond acceptors (Lipinski definition) is 3. The topological polar surface area (TPSA) is 47.6 Å². The maximum Gasteiger partial charge on any atom is 0.319 e. The van der Waals surface area contributed by atoms with Gasteiger partial charge in [0.05, 0.1) is 6.04 Å². The van der Waals surface area contributed by atoms with Gasteiger partial charge in [-0.1, -0.05) is 23.7 Å². The molecule has 1 saturated heterocycles. The Hall–Kier alpha value is -2.15. The lowest BCUT2D eigenvalue weighted by Crippen LogP contribution is -2.48. The van der Waals surface area contributed by atoms with E-state index in [1.807, 2.05) is 0 Å². The normalized spacial score (nSPS) is 16.7. The van der Waals surface area contributed by atoms with Crippen molar-refractivity contribution in [2.45, 2.75) is 6.04 Å². The number of anilines is 1. The molecule has 1 aliphatic rings. The van der Waals surface area contributed by atoms with Crippen LogP contribution in [-0.2, 0) is 0 Å². The summed E-state index contributed by atoms with van der Waals surface area (Å²) in [7, 11) is 2.10. The smallest absolute Gasteiger partial charge is 0.319 e. The van der Waals surface area contributed by atoms with Crippen molar-refractivity contribution in [2.24, 2.45) is 0 Å². The van der Waals surface area contributed by atoms with Crippen LogP contribution in [0.1, 0.15) is 11.6 Å². The van der Waals surface area contributed by atoms with Crippen LogP contribution >= 0.6 is 11.6 Å². The lowest BCUT2D eigenvalue weighted by atomic mass is 10.0. The van der Waals surface area contributed by atoms with E-state index in [2.05, 4.69) is 27.5 Å². The quantitative estimate of drug-likeness (QED) is 0.820. The molecule has 1 fully saturated rings. The summed E-state index contributed by atoms with van der Waals surface area (Å²) in [5, 5.41) is 6.35. The van der Waals surface area contributed by atoms with Crippen molar-refractivity contribution in [3.63, 3.8) is 0 Å². The van der Waals surface area contributed by atoms with Crippen LogP contribution in [0, 0.1) is 5.82 Å². The summed E-state index contributed by atoms with van der Waals surface area (Å²) in [6.45, 7) is 4.18. The number of hydrogen-bond donors (Lipinski definition) is 2. The fourth-order valence-electron chi connectivity index (χ4n) is 3.17. The Kier molecular flexibility index (Phi) is 6.66. The summed E-state index contributed by atoms with van der Waals surface area (Å²) in [5.41, 5.74) is 1.67. The number of halogens is 2. The third-order valence-electron chi connectivity index (χ3n) is 4.79. The maximum absolute atomic E-state index is 13.3. The molecule has 0 spiro atoms. The van der Waals surface area contributed by atoms with Gasteiger partial charge in [0.15, 0.2) is 0 Å². The maximum atomic E-state index is 13.3. The number of likely N-dealkylation sites (N-methyl/N-ethyl adjacent to an activating group) is 1. The molecule has 2 amide bonds. The second-order valence-corrected chi connectivity index (χ2v) is 7.18. The Bertz CT molecular complexity index is 746. The molecule has 2 aromatic carbocycles. The highest BCUT2D eigenvalue weighted by Crippen LogP contribution is 2.22. The Labute approximate surface area is 164 Å². The molecule has 0 radical (unpaired) electrons. The molecule has 0 aromatic heterocycles. The Morgan fingerprint density at radius 1 is 1.07 bits per heavy atom. The molecule has 0 saturated carbocycles. The van der Waals surface area contributed by atoms with E-state index >= 15 is 0 Å². The summed E-state index contributed by atoms with van der Waals surface area (Å²) in [6.07, 6.45) is 0. The van der Waals surface area contributed by atoms with Gasteiger partial charge in [0.2, 0.25) is 0 Å². The Morgan fingerprint density at radius 3 is 2.33 bits per heavy atom. The zero-order chi connectivity index (χ0) is 19.2. The zero-order valence-electron chi connectivity index (χ0n) is 15.3. The summed E-state index contributed by atoms with van der Waals surface area (Å²) < 4.78 is 13.3. The lowest BCUT2D eigenvalue weighted by molar-refractivity contribution is 0.111. The van der Waals surface area contributed by atoms with Crippen LogP contribution in [0.2, 0.25) is 5.02 Å². The highest BCUT2D eigenvalue weighted by molar-refractivity contribution is 6.30. The van der Waals surface area contributed by atoms with Crippen LogP contribution in [-0.4, -0.2) is 55.6 Å². The van der Waals surface area contributed by atoms with Crippen molar-refractivity contribution < 1.29 is 9.18 Å². The number of urea groups is 1. The van der Waals surface area contributed by atoms with Gasteiger partial charge in [-0.25, -0.2) is 9.18 Å². The lowest BCUT2D eigenvalue weighted by Gasteiger charge is -2.38. The van der Waals surface area contributed by atoms with Gasteiger partial charge in [-0.05, 0) is 49.0 Å². The summed E-state index contributed by atoms with van der Waals surface area (Å²) >= 11 is 5.86. The molecule has 5 nitrogen and oxygen atoms in total. The number of rotatable bonds is 5. The molecule has 7 heteroatoms. The van der Waals surface area contributed by atoms with Crippen molar-refractivity contribution >= 4 is 23.3 Å². The molecule has 0 aliphatic carbocycles. The minimum atomic E-state index is -0.279. The highest BCUT2D eigenvalue weighted by atomic mass is 35.5. The van der Waals surface area contributed by atoms with Crippen molar-refractivity contribution in [3.05, 3.63) is 64.9 Å². The van der Waals surface area contributed by atoms with E-state index in [1.165, 1.54) is 12.1 Å². The third kappa shape index (κ3) is 5.66. The van der Waals surface area contributed by atoms with Crippen LogP contribution < -0.4 is 10.6 Å². The molecule has 144 valence electrons. The largest absolute Gasteiger partial charge is 0.336 e. The zero-order valence-corrected chi connectivity index (χ0v) is 16.0. The van der Waals surface area contributed by atoms with Crippen LogP contribution in [0.4, 0.5) is 14.9 Å². The van der Waals surface area contributed by atoms with E-state index in [-0.39, 0.29) is 17.9 Å². The number of benzene rings is 2. The molecule has 0 bridgehead atoms. The first-order chi connectivity index (χ1) is 13.0. The van der Waals surface area contributed by atoms with Gasteiger partial charge in [0.25, 0.3) is 0 Å². The molecule has 2 N–H and O–H groups in total. The minimum absolute atomic E-state index is 0.00438. The van der Waals surface area contributed by atoms with Crippen LogP contribution in [0.5, 0.6) is 0 Å². The van der Waals surface area contributed by atoms with E-state index in [0.717, 1.165) is 31.7 Å². The van der Waals surface area contributed by atoms with Crippen LogP contribution in [0.25, 0.3) is 0 Å². The van der Waals surface area contributed by atoms with E-state index < -0.39 is 0 Å². The number of carbonyl (C=O) groups excluding carboxylic acids is 1. The SMILES string of the molecule is CN1CCN([C@@H](CNC(=O)Nc2ccc(Cl)cc2)c2ccc(F)cc2)CC1. The highest BCUT2D eigenvalue weighted by Gasteiger charge is 2.24. The molecule has 1 aliphatic heterocycles. The van der Waals surface area contributed by atoms with E-state index in [9.17, 15) is 9.18 Å². The second kappa shape index (κ2) is 9.17. The molecule has 0 unspecified atom stereocenters. The first kappa shape index (κ1) is 19.6. The predicted molar refractivity (Wildman–Crippen MR) is 107 cm³/mol. The number of piperazine rings is 1. The molecule has 2 aromatic rings. The average molecular weight is 391 g/mol. The third-order valence-corrected chi connectivity index (χ3v) is 5.04. The summed E-state index contributed by atoms with van der Waals surface area (Å²) in [4.78, 5) is 16.9. The predicted octanol–water partition coefficient (Wildman–Crippen LogP) is 3.59. The van der Waals surface area contributed by atoms with Gasteiger partial charge >= 0.3 is 6.03 Å². The second-order valence-electron chi connectivity index (χ2n) is 6.75. The molecule has 27 heavy (non-hydrogen) atoms. The number of carbonyl (C=O) groups is 1. The van der Waals surface area contributed by atoms with Crippen LogP contribution in [0.3, 0.4) is 0 Å². The van der Waals surface area contributed by atoms with Gasteiger partial charge in [0, 0.05) is 43.4 Å². The van der Waals surface area contributed by atoms with Crippen molar-refractivity contribution in [3.8, 4) is 0 Å². The van der Waals surface area contributed by atoms with Gasteiger partial charge in [-0.2, -0.15) is 0 Å². The van der Waals surface area contributed by atoms with E-state index in [4.69, 9.17) is 11.6 Å². The first-order valence-corrected chi connectivity index (χ1v) is 9.37. The van der Waals surface area contributed by atoms with Crippen molar-refractivity contribution in [1.29, 1.82) is 0 Å². The Morgan fingerprint density at radius 2 is 1.70 bits per heavy atom. The Balaban J connectivity index is 1.64. The first-order valence-electron chi connectivity index (χ1n) is 9.00. The van der Waals surface area contributed by atoms with Crippen molar-refractivity contribution in [2.75, 3.05) is 45.1 Å².